The second kappa shape index (κ2) is 21.6. The van der Waals surface area contributed by atoms with Crippen molar-refractivity contribution in [3.05, 3.63) is 0 Å². The van der Waals surface area contributed by atoms with Crippen molar-refractivity contribution in [2.45, 2.75) is 155 Å². The zero-order chi connectivity index (χ0) is 72.5. The maximum absolute atomic E-state index is 16.3. The number of fused-ring (bicyclic) bond motifs is 10. The van der Waals surface area contributed by atoms with Crippen LogP contribution in [0.1, 0.15) is 65.2 Å². The SMILES string of the molecule is CC1C2NCN3CC4N5CN6C(=O)N7CN8C(=O)N9CN%10C(=O)N%11CNC(=O)N%12CN%13C(=O)N%14CN(C=O)C%15C(NCN(C)C(=O)N2CNC5=O)N(CN1C=O)C(=O)N%15CNC%14C%13NCN1C(=O)N(CN2C(=O)N(CN5C(=O)N(CNC7%13CCCCC6%13N(C=O)CN4C3=O)C8C59)C%10C%112)C2(C)CCCCC%1212. The van der Waals surface area contributed by atoms with Crippen LogP contribution >= 0.6 is 0 Å². The Hall–Kier alpha value is -10.5. The fourth-order valence-corrected chi connectivity index (χ4v) is 21.8. The van der Waals surface area contributed by atoms with Gasteiger partial charge in [-0.15, -0.1) is 0 Å². The molecule has 0 radical (unpaired) electrons. The first kappa shape index (κ1) is 64.1. The highest BCUT2D eigenvalue weighted by molar-refractivity contribution is 5.92. The van der Waals surface area contributed by atoms with Crippen molar-refractivity contribution in [3.8, 4) is 0 Å². The Kier molecular flexibility index (Phi) is 13.2. The molecule has 105 heavy (non-hydrogen) atoms. The van der Waals surface area contributed by atoms with Crippen molar-refractivity contribution < 1.29 is 71.9 Å². The molecule has 0 aromatic heterocycles. The summed E-state index contributed by atoms with van der Waals surface area (Å²) in [5.74, 6) is 0. The highest BCUT2D eigenvalue weighted by atomic mass is 16.2. The molecule has 7 N–H and O–H groups in total. The van der Waals surface area contributed by atoms with Crippen LogP contribution in [0.3, 0.4) is 0 Å². The van der Waals surface area contributed by atoms with Gasteiger partial charge in [-0.25, -0.2) is 57.5 Å². The number of urea groups is 12. The summed E-state index contributed by atoms with van der Waals surface area (Å²) in [5, 5.41) is 22.9. The summed E-state index contributed by atoms with van der Waals surface area (Å²) in [6.45, 7) is -4.22. The van der Waals surface area contributed by atoms with Gasteiger partial charge in [-0.05, 0) is 58.8 Å². The van der Waals surface area contributed by atoms with Gasteiger partial charge in [-0.2, -0.15) is 0 Å². The number of amides is 27. The average molecular weight is 1470 g/mol. The lowest BCUT2D eigenvalue weighted by Crippen LogP contribution is -2.81. The Balaban J connectivity index is 0.744. The van der Waals surface area contributed by atoms with E-state index in [2.05, 4.69) is 37.2 Å². The molecule has 17 bridgehead atoms. The first-order chi connectivity index (χ1) is 50.6. The summed E-state index contributed by atoms with van der Waals surface area (Å²) >= 11 is 0. The molecule has 3 spiro atoms. The fraction of sp³-hybridized carbons (Fsp3) is 0.741. The van der Waals surface area contributed by atoms with Crippen LogP contribution in [0, 0.1) is 0 Å². The molecule has 15 unspecified atom stereocenters. The van der Waals surface area contributed by atoms with Crippen molar-refractivity contribution in [1.29, 1.82) is 0 Å². The zero-order valence-electron chi connectivity index (χ0n) is 57.6. The molecule has 20 fully saturated rings. The van der Waals surface area contributed by atoms with Crippen LogP contribution in [0.5, 0.6) is 0 Å². The van der Waals surface area contributed by atoms with E-state index in [-0.39, 0.29) is 59.2 Å². The number of nitrogens with one attached hydrogen (secondary N) is 7. The Morgan fingerprint density at radius 3 is 1.56 bits per heavy atom. The monoisotopic (exact) mass is 1460 g/mol. The molecule has 2 saturated carbocycles. The van der Waals surface area contributed by atoms with Gasteiger partial charge in [-0.1, -0.05) is 6.42 Å². The van der Waals surface area contributed by atoms with Gasteiger partial charge in [-0.3, -0.25) is 139 Å². The van der Waals surface area contributed by atoms with Gasteiger partial charge in [0.2, 0.25) is 19.2 Å². The number of rotatable bonds is 3. The molecular weight excluding hydrogens is 1380 g/mol. The minimum Gasteiger partial charge on any atom is -0.321 e. The quantitative estimate of drug-likeness (QED) is 0.129. The number of nitrogens with zero attached hydrogens (tertiary/aromatic N) is 25. The second-order valence-electron chi connectivity index (χ2n) is 30.8. The molecule has 47 heteroatoms. The third kappa shape index (κ3) is 7.66. The molecule has 18 aliphatic heterocycles. The molecule has 27 amide bonds. The van der Waals surface area contributed by atoms with Crippen molar-refractivity contribution in [2.24, 2.45) is 0 Å². The smallest absolute Gasteiger partial charge is 0.321 e. The second-order valence-corrected chi connectivity index (χ2v) is 30.8. The average Bonchev–Trinajstić information content (AvgIpc) is 1.53. The molecule has 20 rings (SSSR count). The first-order valence-electron chi connectivity index (χ1n) is 35.7. The molecule has 15 atom stereocenters. The minimum atomic E-state index is -1.79. The summed E-state index contributed by atoms with van der Waals surface area (Å²) < 4.78 is 0. The van der Waals surface area contributed by atoms with Crippen LogP contribution < -0.4 is 37.2 Å². The van der Waals surface area contributed by atoms with E-state index in [0.29, 0.717) is 51.3 Å². The normalized spacial score (nSPS) is 39.1. The molecule has 0 aromatic carbocycles. The lowest BCUT2D eigenvalue weighted by atomic mass is 9.72. The van der Waals surface area contributed by atoms with Gasteiger partial charge in [0, 0.05) is 7.05 Å². The molecule has 18 saturated heterocycles. The van der Waals surface area contributed by atoms with Gasteiger partial charge < -0.3 is 35.1 Å². The molecule has 18 heterocycles. The third-order valence-electron chi connectivity index (χ3n) is 26.8. The lowest BCUT2D eigenvalue weighted by molar-refractivity contribution is -0.176. The third-order valence-corrected chi connectivity index (χ3v) is 26.8. The topological polar surface area (TPSA) is 421 Å². The molecule has 0 aromatic rings. The van der Waals surface area contributed by atoms with Crippen LogP contribution in [0.15, 0.2) is 0 Å². The Morgan fingerprint density at radius 2 is 0.867 bits per heavy atom. The lowest BCUT2D eigenvalue weighted by Gasteiger charge is -2.60. The van der Waals surface area contributed by atoms with Crippen LogP contribution in [0.25, 0.3) is 0 Å². The molecule has 47 nitrogen and oxygen atoms in total. The van der Waals surface area contributed by atoms with Gasteiger partial charge in [0.15, 0.2) is 30.3 Å². The highest BCUT2D eigenvalue weighted by Gasteiger charge is 2.77. The molecule has 2 aliphatic carbocycles. The van der Waals surface area contributed by atoms with E-state index in [0.717, 1.165) is 0 Å². The summed E-state index contributed by atoms with van der Waals surface area (Å²) in [4.78, 5) is 266. The number of carbonyl (C=O) groups excluding carboxylic acids is 15. The van der Waals surface area contributed by atoms with Gasteiger partial charge in [0.25, 0.3) is 0 Å². The van der Waals surface area contributed by atoms with Crippen molar-refractivity contribution in [3.63, 3.8) is 0 Å². The van der Waals surface area contributed by atoms with Gasteiger partial charge >= 0.3 is 72.4 Å². The van der Waals surface area contributed by atoms with Crippen LogP contribution in [-0.4, -0.2) is 425 Å². The predicted octanol–water partition coefficient (Wildman–Crippen LogP) is -6.59. The largest absolute Gasteiger partial charge is 0.326 e. The number of carbonyl (C=O) groups is 15. The molecule has 20 aliphatic rings. The Morgan fingerprint density at radius 1 is 0.362 bits per heavy atom. The Labute approximate surface area is 597 Å². The highest BCUT2D eigenvalue weighted by Crippen LogP contribution is 2.57. The number of hydrogen-bond acceptors (Lipinski definition) is 20. The maximum atomic E-state index is 16.3. The van der Waals surface area contributed by atoms with Crippen molar-refractivity contribution in [1.82, 2.24) is 160 Å². The standard InChI is InChI=1S/C58H80N32O15/c1-32-34-60-14-67-12-33-75-25-90-54(105)89-28-85-40-42-81(49(100)74(40)19-65-56(89)9-5-7-11-58(56,90)70(31-93)22-76(33)46(67)97)24-82-41-39-73(48(99)80(41)23-83(42)52(85)103)17-64-44(95)87-26-79-36(62-18-86-53(104)88(27-84(39)51(82)102)55(2)8-4-6-10-57(55,86)87)35-61-15-72-38(69(30-92)21-77(35)50(79)101)37(78(47(72)98)20-68(32)29-91)59-13-66(3)45(96)71(34)16-63-43(75)94/h29-42,59-62,65H,4-28H2,1-3H3,(H,63,94)(H,64,95). The van der Waals surface area contributed by atoms with Gasteiger partial charge in [0.1, 0.15) is 102 Å². The number of hydrogen-bond donors (Lipinski definition) is 7. The maximum Gasteiger partial charge on any atom is 0.326 e. The van der Waals surface area contributed by atoms with E-state index >= 15 is 57.5 Å². The van der Waals surface area contributed by atoms with E-state index in [1.54, 1.807) is 16.7 Å². The van der Waals surface area contributed by atoms with Crippen LogP contribution in [0.4, 0.5) is 57.5 Å². The summed E-state index contributed by atoms with van der Waals surface area (Å²) in [6, 6.07) is -9.70. The zero-order valence-corrected chi connectivity index (χ0v) is 57.6. The summed E-state index contributed by atoms with van der Waals surface area (Å²) in [6.07, 6.45) is -8.08. The minimum absolute atomic E-state index is 0.0561. The van der Waals surface area contributed by atoms with Crippen LogP contribution in [0.2, 0.25) is 0 Å². The summed E-state index contributed by atoms with van der Waals surface area (Å²) in [7, 11) is 1.45. The molecular formula is C58H80N32O15. The van der Waals surface area contributed by atoms with Crippen molar-refractivity contribution >= 4 is 91.6 Å². The summed E-state index contributed by atoms with van der Waals surface area (Å²) in [5.41, 5.74) is -6.38. The van der Waals surface area contributed by atoms with Gasteiger partial charge in [0.05, 0.1) is 71.5 Å². The van der Waals surface area contributed by atoms with E-state index in [9.17, 15) is 14.4 Å². The van der Waals surface area contributed by atoms with E-state index < -0.39 is 236 Å². The fourth-order valence-electron chi connectivity index (χ4n) is 21.8. The first-order valence-corrected chi connectivity index (χ1v) is 35.7. The van der Waals surface area contributed by atoms with Crippen LogP contribution in [-0.2, 0) is 14.4 Å². The van der Waals surface area contributed by atoms with E-state index in [4.69, 9.17) is 0 Å². The predicted molar refractivity (Wildman–Crippen MR) is 340 cm³/mol. The Bertz CT molecular complexity index is 3980. The molecule has 562 valence electrons. The van der Waals surface area contributed by atoms with E-state index in [1.807, 2.05) is 6.92 Å². The van der Waals surface area contributed by atoms with E-state index in [1.165, 1.54) is 120 Å². The van der Waals surface area contributed by atoms with Crippen molar-refractivity contribution in [2.75, 3.05) is 120 Å².